The number of nitro groups is 1. The molecule has 1 saturated carbocycles. The smallest absolute Gasteiger partial charge is 0.414 e. The lowest BCUT2D eigenvalue weighted by molar-refractivity contribution is -0.389. The maximum absolute atomic E-state index is 14.3. The van der Waals surface area contributed by atoms with Crippen molar-refractivity contribution in [3.63, 3.8) is 0 Å². The summed E-state index contributed by atoms with van der Waals surface area (Å²) >= 11 is 0. The van der Waals surface area contributed by atoms with Crippen molar-refractivity contribution in [2.24, 2.45) is 0 Å². The van der Waals surface area contributed by atoms with Crippen LogP contribution in [0.2, 0.25) is 0 Å². The second kappa shape index (κ2) is 9.18. The van der Waals surface area contributed by atoms with E-state index in [1.54, 1.807) is 10.6 Å². The number of fused-ring (bicyclic) bond motifs is 1. The van der Waals surface area contributed by atoms with Crippen molar-refractivity contribution < 1.29 is 18.8 Å². The standard InChI is InChI=1S/C23H23FN6O4/c24-19-7-4-15(12-18(19)22(31)26-16-5-6-16)20-3-1-2-17(25-20)13-28-8-9-29-14-21(30(32)33)27-23(29)34-11-10-28/h1-4,7,12,14,16H,5-6,8-11,13H2,(H,26,31). The fourth-order valence-corrected chi connectivity index (χ4v) is 3.84. The van der Waals surface area contributed by atoms with E-state index in [-0.39, 0.29) is 23.4 Å². The first kappa shape index (κ1) is 22.0. The number of carbonyl (C=O) groups excluding carboxylic acids is 1. The molecule has 2 aromatic heterocycles. The zero-order valence-electron chi connectivity index (χ0n) is 18.3. The van der Waals surface area contributed by atoms with Gasteiger partial charge in [0.1, 0.15) is 18.6 Å². The molecule has 0 unspecified atom stereocenters. The average molecular weight is 466 g/mol. The van der Waals surface area contributed by atoms with Crippen LogP contribution in [0.15, 0.2) is 42.6 Å². The first-order valence-corrected chi connectivity index (χ1v) is 11.1. The molecule has 0 bridgehead atoms. The van der Waals surface area contributed by atoms with E-state index in [4.69, 9.17) is 9.72 Å². The van der Waals surface area contributed by atoms with Crippen molar-refractivity contribution in [2.75, 3.05) is 19.7 Å². The lowest BCUT2D eigenvalue weighted by Crippen LogP contribution is -2.33. The molecular weight excluding hydrogens is 443 g/mol. The molecule has 1 fully saturated rings. The number of halogens is 1. The number of imidazole rings is 1. The Kier molecular flexibility index (Phi) is 5.93. The van der Waals surface area contributed by atoms with Gasteiger partial charge in [-0.2, -0.15) is 0 Å². The molecular formula is C23H23FN6O4. The van der Waals surface area contributed by atoms with Gasteiger partial charge in [-0.25, -0.2) is 4.39 Å². The van der Waals surface area contributed by atoms with Gasteiger partial charge < -0.3 is 20.2 Å². The quantitative estimate of drug-likeness (QED) is 0.439. The Morgan fingerprint density at radius 1 is 1.21 bits per heavy atom. The normalized spacial score (nSPS) is 16.1. The van der Waals surface area contributed by atoms with E-state index in [0.29, 0.717) is 44.0 Å². The summed E-state index contributed by atoms with van der Waals surface area (Å²) in [5, 5.41) is 13.8. The lowest BCUT2D eigenvalue weighted by Gasteiger charge is -2.24. The first-order valence-electron chi connectivity index (χ1n) is 11.1. The van der Waals surface area contributed by atoms with Crippen molar-refractivity contribution in [1.82, 2.24) is 24.8 Å². The van der Waals surface area contributed by atoms with Gasteiger partial charge in [0.2, 0.25) is 0 Å². The average Bonchev–Trinajstić information content (AvgIpc) is 3.53. The number of aromatic nitrogens is 3. The second-order valence-corrected chi connectivity index (χ2v) is 8.41. The number of pyridine rings is 1. The van der Waals surface area contributed by atoms with E-state index in [2.05, 4.69) is 15.2 Å². The Hall–Kier alpha value is -3.86. The van der Waals surface area contributed by atoms with Crippen molar-refractivity contribution in [2.45, 2.75) is 32.0 Å². The number of amides is 1. The van der Waals surface area contributed by atoms with Gasteiger partial charge in [0.05, 0.1) is 17.0 Å². The van der Waals surface area contributed by atoms with E-state index < -0.39 is 16.6 Å². The van der Waals surface area contributed by atoms with E-state index in [9.17, 15) is 19.3 Å². The molecule has 1 N–H and O–H groups in total. The zero-order valence-corrected chi connectivity index (χ0v) is 18.3. The molecule has 1 aliphatic carbocycles. The highest BCUT2D eigenvalue weighted by molar-refractivity contribution is 5.96. The van der Waals surface area contributed by atoms with E-state index in [1.165, 1.54) is 18.3 Å². The van der Waals surface area contributed by atoms with E-state index in [1.807, 2.05) is 18.2 Å². The Balaban J connectivity index is 1.29. The minimum absolute atomic E-state index is 0.0164. The predicted octanol–water partition coefficient (Wildman–Crippen LogP) is 2.78. The van der Waals surface area contributed by atoms with E-state index in [0.717, 1.165) is 18.5 Å². The molecule has 0 saturated heterocycles. The summed E-state index contributed by atoms with van der Waals surface area (Å²) < 4.78 is 21.5. The summed E-state index contributed by atoms with van der Waals surface area (Å²) in [4.78, 5) is 33.6. The molecule has 176 valence electrons. The van der Waals surface area contributed by atoms with Crippen LogP contribution in [0, 0.1) is 15.9 Å². The van der Waals surface area contributed by atoms with Crippen LogP contribution in [0.4, 0.5) is 10.2 Å². The molecule has 0 spiro atoms. The second-order valence-electron chi connectivity index (χ2n) is 8.41. The van der Waals surface area contributed by atoms with Crippen molar-refractivity contribution in [3.8, 4) is 17.3 Å². The van der Waals surface area contributed by atoms with Gasteiger partial charge in [-0.3, -0.25) is 19.2 Å². The highest BCUT2D eigenvalue weighted by atomic mass is 19.1. The highest BCUT2D eigenvalue weighted by Crippen LogP contribution is 2.24. The number of hydrogen-bond donors (Lipinski definition) is 1. The third-order valence-electron chi connectivity index (χ3n) is 5.82. The highest BCUT2D eigenvalue weighted by Gasteiger charge is 2.26. The predicted molar refractivity (Wildman–Crippen MR) is 120 cm³/mol. The summed E-state index contributed by atoms with van der Waals surface area (Å²) in [6.07, 6.45) is 3.23. The fourth-order valence-electron chi connectivity index (χ4n) is 3.84. The molecule has 1 aromatic carbocycles. The number of rotatable bonds is 6. The summed E-state index contributed by atoms with van der Waals surface area (Å²) in [7, 11) is 0. The summed E-state index contributed by atoms with van der Waals surface area (Å²) in [6, 6.07) is 10.5. The number of ether oxygens (including phenoxy) is 1. The fraction of sp³-hybridized carbons (Fsp3) is 0.348. The zero-order chi connectivity index (χ0) is 23.7. The van der Waals surface area contributed by atoms with Gasteiger partial charge >= 0.3 is 11.8 Å². The van der Waals surface area contributed by atoms with Crippen LogP contribution >= 0.6 is 0 Å². The van der Waals surface area contributed by atoms with Crippen molar-refractivity contribution in [3.05, 3.63) is 69.8 Å². The van der Waals surface area contributed by atoms with Gasteiger partial charge in [0, 0.05) is 42.8 Å². The number of carbonyl (C=O) groups is 1. The Labute approximate surface area is 194 Å². The van der Waals surface area contributed by atoms with Crippen LogP contribution < -0.4 is 10.1 Å². The molecule has 11 heteroatoms. The molecule has 34 heavy (non-hydrogen) atoms. The van der Waals surface area contributed by atoms with Crippen LogP contribution in [-0.4, -0.2) is 56.0 Å². The number of hydrogen-bond acceptors (Lipinski definition) is 7. The van der Waals surface area contributed by atoms with Crippen molar-refractivity contribution >= 4 is 11.7 Å². The van der Waals surface area contributed by atoms with Crippen LogP contribution in [0.25, 0.3) is 11.3 Å². The number of nitrogens with zero attached hydrogens (tertiary/aromatic N) is 5. The molecule has 2 aliphatic rings. The number of benzene rings is 1. The van der Waals surface area contributed by atoms with Gasteiger partial charge in [0.25, 0.3) is 5.91 Å². The first-order chi connectivity index (χ1) is 16.5. The Bertz CT molecular complexity index is 1240. The van der Waals surface area contributed by atoms with Gasteiger partial charge in [-0.05, 0) is 48.1 Å². The summed E-state index contributed by atoms with van der Waals surface area (Å²) in [5.41, 5.74) is 2.13. The molecule has 1 amide bonds. The van der Waals surface area contributed by atoms with Crippen LogP contribution in [-0.2, 0) is 13.1 Å². The van der Waals surface area contributed by atoms with Crippen LogP contribution in [0.5, 0.6) is 6.01 Å². The lowest BCUT2D eigenvalue weighted by atomic mass is 10.1. The number of nitrogens with one attached hydrogen (secondary N) is 1. The van der Waals surface area contributed by atoms with E-state index >= 15 is 0 Å². The topological polar surface area (TPSA) is 115 Å². The monoisotopic (exact) mass is 466 g/mol. The Morgan fingerprint density at radius 2 is 2.06 bits per heavy atom. The molecule has 5 rings (SSSR count). The van der Waals surface area contributed by atoms with Gasteiger partial charge in [-0.15, -0.1) is 0 Å². The molecule has 0 radical (unpaired) electrons. The molecule has 3 aromatic rings. The third-order valence-corrected chi connectivity index (χ3v) is 5.82. The van der Waals surface area contributed by atoms with Gasteiger partial charge in [0.15, 0.2) is 0 Å². The molecule has 10 nitrogen and oxygen atoms in total. The SMILES string of the molecule is O=C(NC1CC1)c1cc(-c2cccc(CN3CCOc4nc([N+](=O)[O-])cn4CC3)n2)ccc1F. The molecule has 3 heterocycles. The summed E-state index contributed by atoms with van der Waals surface area (Å²) in [5.74, 6) is -1.20. The minimum Gasteiger partial charge on any atom is -0.444 e. The van der Waals surface area contributed by atoms with Crippen LogP contribution in [0.3, 0.4) is 0 Å². The van der Waals surface area contributed by atoms with Gasteiger partial charge in [-0.1, -0.05) is 6.07 Å². The Morgan fingerprint density at radius 3 is 2.85 bits per heavy atom. The minimum atomic E-state index is -0.558. The largest absolute Gasteiger partial charge is 0.444 e. The molecule has 0 atom stereocenters. The summed E-state index contributed by atoms with van der Waals surface area (Å²) in [6.45, 7) is 2.62. The third kappa shape index (κ3) is 4.88. The van der Waals surface area contributed by atoms with Crippen LogP contribution in [0.1, 0.15) is 28.9 Å². The maximum atomic E-state index is 14.3. The maximum Gasteiger partial charge on any atom is 0.414 e. The van der Waals surface area contributed by atoms with Crippen molar-refractivity contribution in [1.29, 1.82) is 0 Å². The molecule has 1 aliphatic heterocycles.